The number of nitriles is 1. The molecule has 1 aromatic carbocycles. The molecule has 8 nitrogen and oxygen atoms in total. The van der Waals surface area contributed by atoms with E-state index < -0.39 is 6.23 Å². The van der Waals surface area contributed by atoms with Gasteiger partial charge < -0.3 is 15.0 Å². The molecule has 34 heavy (non-hydrogen) atoms. The van der Waals surface area contributed by atoms with Gasteiger partial charge in [0.15, 0.2) is 5.11 Å². The van der Waals surface area contributed by atoms with Crippen molar-refractivity contribution in [2.75, 3.05) is 6.54 Å². The number of hydrogen-bond acceptors (Lipinski definition) is 6. The Bertz CT molecular complexity index is 1070. The van der Waals surface area contributed by atoms with E-state index in [4.69, 9.17) is 33.5 Å². The van der Waals surface area contributed by atoms with Gasteiger partial charge in [-0.05, 0) is 54.7 Å². The van der Waals surface area contributed by atoms with Crippen molar-refractivity contribution in [3.8, 4) is 11.8 Å². The van der Waals surface area contributed by atoms with Crippen LogP contribution in [0.15, 0.2) is 41.9 Å². The highest BCUT2D eigenvalue weighted by Crippen LogP contribution is 2.40. The van der Waals surface area contributed by atoms with Crippen LogP contribution in [0.3, 0.4) is 0 Å². The molecule has 2 fully saturated rings. The van der Waals surface area contributed by atoms with Crippen LogP contribution in [0.25, 0.3) is 0 Å². The van der Waals surface area contributed by atoms with Gasteiger partial charge in [0, 0.05) is 5.02 Å². The Kier molecular flexibility index (Phi) is 7.10. The second kappa shape index (κ2) is 9.88. The number of amidine groups is 1. The molecule has 10 heteroatoms. The van der Waals surface area contributed by atoms with Gasteiger partial charge in [-0.15, -0.1) is 0 Å². The third-order valence-electron chi connectivity index (χ3n) is 6.53. The Hall–Kier alpha value is -2.70. The molecule has 1 aliphatic carbocycles. The van der Waals surface area contributed by atoms with Crippen molar-refractivity contribution in [2.24, 2.45) is 10.4 Å². The van der Waals surface area contributed by atoms with Gasteiger partial charge in [0.05, 0.1) is 6.07 Å². The predicted molar refractivity (Wildman–Crippen MR) is 136 cm³/mol. The SMILES string of the molecule is CC(C)(C)C(N=C1NC(=S)N(CC#N)C12CCCCC2)C(Oc1ccc(Cl)cc1)n1cncn1. The number of benzene rings is 1. The lowest BCUT2D eigenvalue weighted by Crippen LogP contribution is -2.52. The zero-order valence-corrected chi connectivity index (χ0v) is 21.3. The normalized spacial score (nSPS) is 20.7. The number of aliphatic imine (C=N–C) groups is 1. The zero-order chi connectivity index (χ0) is 24.3. The van der Waals surface area contributed by atoms with Gasteiger partial charge >= 0.3 is 0 Å². The summed E-state index contributed by atoms with van der Waals surface area (Å²) in [6.07, 6.45) is 7.70. The van der Waals surface area contributed by atoms with E-state index in [-0.39, 0.29) is 23.5 Å². The molecule has 0 bridgehead atoms. The number of nitrogens with one attached hydrogen (secondary N) is 1. The van der Waals surface area contributed by atoms with Crippen molar-refractivity contribution in [1.82, 2.24) is 25.0 Å². The number of aromatic nitrogens is 3. The molecular formula is C24H30ClN7OS. The standard InChI is InChI=1S/C24H30ClN7OS/c1-23(2,3)19(20(32-16-27-15-28-32)33-18-9-7-17(25)8-10-18)29-21-24(11-5-4-6-12-24)31(14-13-26)22(34)30-21/h7-10,15-16,19-20H,4-6,11-12,14H2,1-3H3,(H,29,30,34). The summed E-state index contributed by atoms with van der Waals surface area (Å²) in [6.45, 7) is 6.62. The van der Waals surface area contributed by atoms with Gasteiger partial charge in [-0.1, -0.05) is 51.6 Å². The number of ether oxygens (including phenoxy) is 1. The first-order valence-electron chi connectivity index (χ1n) is 11.5. The van der Waals surface area contributed by atoms with E-state index in [9.17, 15) is 5.26 Å². The summed E-state index contributed by atoms with van der Waals surface area (Å²) in [5.74, 6) is 1.48. The minimum atomic E-state index is -0.558. The summed E-state index contributed by atoms with van der Waals surface area (Å²) in [7, 11) is 0. The van der Waals surface area contributed by atoms with Gasteiger partial charge in [0.25, 0.3) is 0 Å². The molecule has 2 unspecified atom stereocenters. The van der Waals surface area contributed by atoms with Crippen molar-refractivity contribution in [3.63, 3.8) is 0 Å². The van der Waals surface area contributed by atoms with Gasteiger partial charge in [0.1, 0.15) is 42.4 Å². The Morgan fingerprint density at radius 1 is 1.26 bits per heavy atom. The van der Waals surface area contributed by atoms with E-state index in [2.05, 4.69) is 42.2 Å². The summed E-state index contributed by atoms with van der Waals surface area (Å²) in [6, 6.07) is 9.20. The predicted octanol–water partition coefficient (Wildman–Crippen LogP) is 4.74. The maximum atomic E-state index is 9.49. The molecule has 2 aromatic rings. The molecule has 1 spiro atoms. The highest BCUT2D eigenvalue weighted by Gasteiger charge is 2.50. The fourth-order valence-corrected chi connectivity index (χ4v) is 5.25. The Balaban J connectivity index is 1.78. The molecule has 1 aliphatic heterocycles. The molecule has 1 saturated heterocycles. The molecule has 2 heterocycles. The largest absolute Gasteiger partial charge is 0.466 e. The first-order chi connectivity index (χ1) is 16.2. The van der Waals surface area contributed by atoms with E-state index in [1.54, 1.807) is 23.1 Å². The number of hydrogen-bond donors (Lipinski definition) is 1. The van der Waals surface area contributed by atoms with Gasteiger partial charge in [-0.2, -0.15) is 10.4 Å². The molecule has 1 saturated carbocycles. The fraction of sp³-hybridized carbons (Fsp3) is 0.542. The Morgan fingerprint density at radius 3 is 2.56 bits per heavy atom. The van der Waals surface area contributed by atoms with Crippen LogP contribution in [0.2, 0.25) is 5.02 Å². The summed E-state index contributed by atoms with van der Waals surface area (Å²) in [5, 5.41) is 18.4. The molecule has 1 N–H and O–H groups in total. The van der Waals surface area contributed by atoms with Crippen LogP contribution < -0.4 is 10.1 Å². The molecule has 4 rings (SSSR count). The lowest BCUT2D eigenvalue weighted by molar-refractivity contribution is 0.0465. The number of nitrogens with zero attached hydrogens (tertiary/aromatic N) is 6. The van der Waals surface area contributed by atoms with Crippen LogP contribution in [-0.2, 0) is 0 Å². The molecule has 2 atom stereocenters. The monoisotopic (exact) mass is 499 g/mol. The third kappa shape index (κ3) is 4.89. The minimum Gasteiger partial charge on any atom is -0.466 e. The molecule has 180 valence electrons. The average Bonchev–Trinajstić information content (AvgIpc) is 3.41. The van der Waals surface area contributed by atoms with Crippen LogP contribution in [0.1, 0.15) is 59.1 Å². The maximum Gasteiger partial charge on any atom is 0.215 e. The number of halogens is 1. The van der Waals surface area contributed by atoms with Crippen molar-refractivity contribution >= 4 is 34.8 Å². The van der Waals surface area contributed by atoms with Crippen molar-refractivity contribution in [2.45, 2.75) is 70.7 Å². The molecule has 0 amide bonds. The summed E-state index contributed by atoms with van der Waals surface area (Å²) >= 11 is 11.7. The van der Waals surface area contributed by atoms with Crippen molar-refractivity contribution in [1.29, 1.82) is 5.26 Å². The van der Waals surface area contributed by atoms with E-state index >= 15 is 0 Å². The van der Waals surface area contributed by atoms with Crippen LogP contribution in [-0.4, -0.2) is 48.7 Å². The summed E-state index contributed by atoms with van der Waals surface area (Å²) < 4.78 is 8.15. The second-order valence-electron chi connectivity index (χ2n) is 9.89. The van der Waals surface area contributed by atoms with E-state index in [0.717, 1.165) is 31.5 Å². The summed E-state index contributed by atoms with van der Waals surface area (Å²) in [4.78, 5) is 11.5. The van der Waals surface area contributed by atoms with Crippen LogP contribution >= 0.6 is 23.8 Å². The van der Waals surface area contributed by atoms with Gasteiger partial charge in [-0.25, -0.2) is 9.67 Å². The molecule has 1 aromatic heterocycles. The smallest absolute Gasteiger partial charge is 0.215 e. The van der Waals surface area contributed by atoms with Crippen molar-refractivity contribution < 1.29 is 4.74 Å². The lowest BCUT2D eigenvalue weighted by atomic mass is 9.79. The van der Waals surface area contributed by atoms with E-state index in [0.29, 0.717) is 15.9 Å². The lowest BCUT2D eigenvalue weighted by Gasteiger charge is -2.41. The Labute approximate surface area is 211 Å². The zero-order valence-electron chi connectivity index (χ0n) is 19.7. The van der Waals surface area contributed by atoms with E-state index in [1.165, 1.54) is 12.7 Å². The first-order valence-corrected chi connectivity index (χ1v) is 12.3. The second-order valence-corrected chi connectivity index (χ2v) is 10.7. The van der Waals surface area contributed by atoms with Gasteiger partial charge in [-0.3, -0.25) is 4.99 Å². The molecule has 0 radical (unpaired) electrons. The van der Waals surface area contributed by atoms with E-state index in [1.807, 2.05) is 17.0 Å². The first kappa shape index (κ1) is 24.4. The minimum absolute atomic E-state index is 0.235. The highest BCUT2D eigenvalue weighted by atomic mass is 35.5. The highest BCUT2D eigenvalue weighted by molar-refractivity contribution is 7.80. The maximum absolute atomic E-state index is 9.49. The molecular weight excluding hydrogens is 470 g/mol. The van der Waals surface area contributed by atoms with Gasteiger partial charge in [0.2, 0.25) is 6.23 Å². The van der Waals surface area contributed by atoms with Crippen LogP contribution in [0.5, 0.6) is 5.75 Å². The molecule has 2 aliphatic rings. The number of thiocarbonyl (C=S) groups is 1. The fourth-order valence-electron chi connectivity index (χ4n) is 4.79. The van der Waals surface area contributed by atoms with Crippen molar-refractivity contribution in [3.05, 3.63) is 41.9 Å². The number of rotatable bonds is 6. The summed E-state index contributed by atoms with van der Waals surface area (Å²) in [5.41, 5.74) is -0.681. The van der Waals surface area contributed by atoms with Crippen LogP contribution in [0, 0.1) is 16.7 Å². The Morgan fingerprint density at radius 2 is 1.97 bits per heavy atom. The topological polar surface area (TPSA) is 91.4 Å². The average molecular weight is 500 g/mol. The van der Waals surface area contributed by atoms with Crippen LogP contribution in [0.4, 0.5) is 0 Å². The quantitative estimate of drug-likeness (QED) is 0.453. The third-order valence-corrected chi connectivity index (χ3v) is 7.11.